The lowest BCUT2D eigenvalue weighted by Gasteiger charge is -2.25. The number of hydrogen-bond acceptors (Lipinski definition) is 8. The Labute approximate surface area is 129 Å². The minimum absolute atomic E-state index is 0.201. The normalized spacial score (nSPS) is 10.8. The maximum Gasteiger partial charge on any atom is 0.320 e. The molecule has 0 unspecified atom stereocenters. The summed E-state index contributed by atoms with van der Waals surface area (Å²) in [5.74, 6) is -3.29. The summed E-state index contributed by atoms with van der Waals surface area (Å²) in [6.45, 7) is 5.55. The zero-order valence-electron chi connectivity index (χ0n) is 13.5. The Morgan fingerprint density at radius 1 is 0.773 bits per heavy atom. The lowest BCUT2D eigenvalue weighted by molar-refractivity contribution is -0.193. The maximum atomic E-state index is 11.6. The van der Waals surface area contributed by atoms with Gasteiger partial charge in [0.15, 0.2) is 0 Å². The molecule has 0 atom stereocenters. The highest BCUT2D eigenvalue weighted by Gasteiger charge is 2.27. The standard InChI is InChI=1S/C14H22O8/c1-14(2,3)8-13(21-11(17)6-9(15)19-4)22-12(18)7-10(16)20-5/h13H,6-8H2,1-5H3. The highest BCUT2D eigenvalue weighted by atomic mass is 16.7. The first-order valence-corrected chi connectivity index (χ1v) is 6.60. The molecule has 8 heteroatoms. The highest BCUT2D eigenvalue weighted by molar-refractivity contribution is 5.92. The molecule has 0 aliphatic carbocycles. The highest BCUT2D eigenvalue weighted by Crippen LogP contribution is 2.23. The summed E-state index contributed by atoms with van der Waals surface area (Å²) in [7, 11) is 2.28. The molecule has 0 amide bonds. The van der Waals surface area contributed by atoms with Gasteiger partial charge in [0.25, 0.3) is 0 Å². The molecule has 0 heterocycles. The summed E-state index contributed by atoms with van der Waals surface area (Å²) in [5, 5.41) is 0. The van der Waals surface area contributed by atoms with E-state index in [1.807, 2.05) is 20.8 Å². The molecule has 0 spiro atoms. The molecule has 0 N–H and O–H groups in total. The van der Waals surface area contributed by atoms with Crippen molar-refractivity contribution in [2.45, 2.75) is 46.3 Å². The van der Waals surface area contributed by atoms with Crippen molar-refractivity contribution in [1.82, 2.24) is 0 Å². The van der Waals surface area contributed by atoms with E-state index in [0.29, 0.717) is 0 Å². The minimum Gasteiger partial charge on any atom is -0.469 e. The van der Waals surface area contributed by atoms with Crippen LogP contribution in [0, 0.1) is 5.41 Å². The molecular weight excluding hydrogens is 296 g/mol. The number of ether oxygens (including phenoxy) is 4. The molecule has 0 fully saturated rings. The van der Waals surface area contributed by atoms with Crippen molar-refractivity contribution < 1.29 is 38.1 Å². The number of rotatable bonds is 7. The van der Waals surface area contributed by atoms with Crippen molar-refractivity contribution in [2.75, 3.05) is 14.2 Å². The Bertz CT molecular complexity index is 389. The molecule has 0 aliphatic heterocycles. The first-order chi connectivity index (χ1) is 10.1. The minimum atomic E-state index is -1.20. The Balaban J connectivity index is 4.69. The smallest absolute Gasteiger partial charge is 0.320 e. The molecule has 8 nitrogen and oxygen atoms in total. The van der Waals surface area contributed by atoms with Gasteiger partial charge in [-0.2, -0.15) is 0 Å². The predicted molar refractivity (Wildman–Crippen MR) is 73.3 cm³/mol. The van der Waals surface area contributed by atoms with Gasteiger partial charge in [0.05, 0.1) is 14.2 Å². The average molecular weight is 318 g/mol. The van der Waals surface area contributed by atoms with E-state index in [0.717, 1.165) is 14.2 Å². The largest absolute Gasteiger partial charge is 0.469 e. The van der Waals surface area contributed by atoms with E-state index in [1.165, 1.54) is 0 Å². The van der Waals surface area contributed by atoms with Crippen LogP contribution in [-0.2, 0) is 38.1 Å². The summed E-state index contributed by atoms with van der Waals surface area (Å²) in [4.78, 5) is 45.1. The van der Waals surface area contributed by atoms with Gasteiger partial charge in [-0.3, -0.25) is 19.2 Å². The van der Waals surface area contributed by atoms with Crippen molar-refractivity contribution in [1.29, 1.82) is 0 Å². The van der Waals surface area contributed by atoms with E-state index in [-0.39, 0.29) is 11.8 Å². The quantitative estimate of drug-likeness (QED) is 0.296. The molecule has 0 aromatic heterocycles. The molecule has 22 heavy (non-hydrogen) atoms. The van der Waals surface area contributed by atoms with E-state index < -0.39 is 43.0 Å². The van der Waals surface area contributed by atoms with Gasteiger partial charge < -0.3 is 18.9 Å². The van der Waals surface area contributed by atoms with Crippen LogP contribution in [0.3, 0.4) is 0 Å². The van der Waals surface area contributed by atoms with Gasteiger partial charge in [0.1, 0.15) is 12.8 Å². The average Bonchev–Trinajstić information content (AvgIpc) is 2.35. The molecule has 0 rings (SSSR count). The summed E-state index contributed by atoms with van der Waals surface area (Å²) in [6, 6.07) is 0. The number of hydrogen-bond donors (Lipinski definition) is 0. The maximum absolute atomic E-state index is 11.6. The molecule has 0 bridgehead atoms. The van der Waals surface area contributed by atoms with Crippen LogP contribution < -0.4 is 0 Å². The lowest BCUT2D eigenvalue weighted by atomic mass is 9.92. The third-order valence-electron chi connectivity index (χ3n) is 2.34. The topological polar surface area (TPSA) is 105 Å². The summed E-state index contributed by atoms with van der Waals surface area (Å²) in [5.41, 5.74) is -0.318. The Kier molecular flexibility index (Phi) is 8.14. The fraction of sp³-hybridized carbons (Fsp3) is 0.714. The molecule has 0 radical (unpaired) electrons. The van der Waals surface area contributed by atoms with Crippen LogP contribution >= 0.6 is 0 Å². The lowest BCUT2D eigenvalue weighted by Crippen LogP contribution is -2.30. The van der Waals surface area contributed by atoms with E-state index in [9.17, 15) is 19.2 Å². The van der Waals surface area contributed by atoms with Crippen LogP contribution in [0.15, 0.2) is 0 Å². The van der Waals surface area contributed by atoms with E-state index >= 15 is 0 Å². The monoisotopic (exact) mass is 318 g/mol. The van der Waals surface area contributed by atoms with Gasteiger partial charge in [-0.15, -0.1) is 0 Å². The van der Waals surface area contributed by atoms with Gasteiger partial charge in [-0.1, -0.05) is 20.8 Å². The van der Waals surface area contributed by atoms with Gasteiger partial charge in [-0.05, 0) is 5.41 Å². The SMILES string of the molecule is COC(=O)CC(=O)OC(CC(C)(C)C)OC(=O)CC(=O)OC. The zero-order chi connectivity index (χ0) is 17.3. The third-order valence-corrected chi connectivity index (χ3v) is 2.34. The second-order valence-electron chi connectivity index (χ2n) is 5.68. The van der Waals surface area contributed by atoms with Gasteiger partial charge in [-0.25, -0.2) is 0 Å². The van der Waals surface area contributed by atoms with Crippen molar-refractivity contribution in [3.05, 3.63) is 0 Å². The number of methoxy groups -OCH3 is 2. The van der Waals surface area contributed by atoms with Crippen LogP contribution in [0.4, 0.5) is 0 Å². The van der Waals surface area contributed by atoms with Crippen LogP contribution in [0.2, 0.25) is 0 Å². The van der Waals surface area contributed by atoms with E-state index in [4.69, 9.17) is 9.47 Å². The number of esters is 4. The fourth-order valence-corrected chi connectivity index (χ4v) is 1.36. The van der Waals surface area contributed by atoms with Gasteiger partial charge >= 0.3 is 23.9 Å². The van der Waals surface area contributed by atoms with Crippen molar-refractivity contribution in [3.63, 3.8) is 0 Å². The Morgan fingerprint density at radius 3 is 1.41 bits per heavy atom. The van der Waals surface area contributed by atoms with Crippen molar-refractivity contribution >= 4 is 23.9 Å². The Morgan fingerprint density at radius 2 is 1.14 bits per heavy atom. The first kappa shape index (κ1) is 19.9. The number of carbonyl (C=O) groups excluding carboxylic acids is 4. The molecule has 0 aliphatic rings. The van der Waals surface area contributed by atoms with Crippen LogP contribution in [0.1, 0.15) is 40.0 Å². The fourth-order valence-electron chi connectivity index (χ4n) is 1.36. The van der Waals surface area contributed by atoms with Crippen LogP contribution in [0.5, 0.6) is 0 Å². The third kappa shape index (κ3) is 9.73. The molecule has 0 aromatic rings. The van der Waals surface area contributed by atoms with Gasteiger partial charge in [0, 0.05) is 6.42 Å². The summed E-state index contributed by atoms with van der Waals surface area (Å²) in [6.07, 6.45) is -2.18. The molecule has 0 saturated carbocycles. The molecular formula is C14H22O8. The first-order valence-electron chi connectivity index (χ1n) is 6.60. The summed E-state index contributed by atoms with van der Waals surface area (Å²) < 4.78 is 18.6. The second kappa shape index (κ2) is 9.01. The second-order valence-corrected chi connectivity index (χ2v) is 5.68. The number of carbonyl (C=O) groups is 4. The van der Waals surface area contributed by atoms with Gasteiger partial charge in [0.2, 0.25) is 6.29 Å². The molecule has 0 saturated heterocycles. The van der Waals surface area contributed by atoms with Crippen LogP contribution in [-0.4, -0.2) is 44.4 Å². The zero-order valence-corrected chi connectivity index (χ0v) is 13.5. The predicted octanol–water partition coefficient (Wildman–Crippen LogP) is 0.961. The molecule has 0 aromatic carbocycles. The Hall–Kier alpha value is -2.12. The summed E-state index contributed by atoms with van der Waals surface area (Å²) >= 11 is 0. The van der Waals surface area contributed by atoms with E-state index in [2.05, 4.69) is 9.47 Å². The van der Waals surface area contributed by atoms with Crippen molar-refractivity contribution in [2.24, 2.45) is 5.41 Å². The molecule has 126 valence electrons. The van der Waals surface area contributed by atoms with E-state index in [1.54, 1.807) is 0 Å². The van der Waals surface area contributed by atoms with Crippen molar-refractivity contribution in [3.8, 4) is 0 Å². The van der Waals surface area contributed by atoms with Crippen LogP contribution in [0.25, 0.3) is 0 Å².